The van der Waals surface area contributed by atoms with Crippen LogP contribution in [0, 0.1) is 0 Å². The van der Waals surface area contributed by atoms with Gasteiger partial charge in [-0.1, -0.05) is 0 Å². The zero-order valence-electron chi connectivity index (χ0n) is 12.9. The summed E-state index contributed by atoms with van der Waals surface area (Å²) in [5.74, 6) is 0. The van der Waals surface area contributed by atoms with E-state index in [0.717, 1.165) is 18.4 Å². The van der Waals surface area contributed by atoms with E-state index in [1.54, 1.807) is 0 Å². The van der Waals surface area contributed by atoms with Crippen molar-refractivity contribution in [3.05, 3.63) is 48.5 Å². The number of carbonyl (C=O) groups is 1. The van der Waals surface area contributed by atoms with Gasteiger partial charge in [0.15, 0.2) is 0 Å². The van der Waals surface area contributed by atoms with Crippen LogP contribution >= 0.6 is 0 Å². The Morgan fingerprint density at radius 1 is 0.800 bits per heavy atom. The molecule has 2 aromatic carbocycles. The molecule has 9 nitrogen and oxygen atoms in total. The average molecular weight is 385 g/mol. The Labute approximate surface area is 144 Å². The molecule has 0 spiro atoms. The maximum absolute atomic E-state index is 11.9. The van der Waals surface area contributed by atoms with Crippen LogP contribution in [0.5, 0.6) is 0 Å². The Hall–Kier alpha value is -2.63. The van der Waals surface area contributed by atoms with Crippen LogP contribution in [0.2, 0.25) is 0 Å². The van der Waals surface area contributed by atoms with Gasteiger partial charge in [-0.3, -0.25) is 9.27 Å². The Morgan fingerprint density at radius 2 is 1.20 bits per heavy atom. The van der Waals surface area contributed by atoms with Gasteiger partial charge in [0.2, 0.25) is 10.0 Å². The molecule has 0 radical (unpaired) electrons. The molecule has 2 rings (SSSR count). The highest BCUT2D eigenvalue weighted by Crippen LogP contribution is 2.16. The Bertz CT molecular complexity index is 968. The second kappa shape index (κ2) is 7.09. The fourth-order valence-corrected chi connectivity index (χ4v) is 2.88. The maximum atomic E-state index is 11.9. The minimum atomic E-state index is -4.29. The van der Waals surface area contributed by atoms with Crippen LogP contribution in [0.4, 0.5) is 21.9 Å². The minimum absolute atomic E-state index is 0.285. The third-order valence-corrected chi connectivity index (χ3v) is 4.33. The molecule has 0 saturated carbocycles. The molecule has 0 aliphatic carbocycles. The highest BCUT2D eigenvalue weighted by Gasteiger charge is 2.09. The number of nitrogens with one attached hydrogen (secondary N) is 3. The van der Waals surface area contributed by atoms with Gasteiger partial charge in [-0.25, -0.2) is 13.2 Å². The molecule has 134 valence electrons. The Balaban J connectivity index is 1.98. The second-order valence-electron chi connectivity index (χ2n) is 5.03. The van der Waals surface area contributed by atoms with E-state index >= 15 is 0 Å². The smallest absolute Gasteiger partial charge is 0.308 e. The maximum Gasteiger partial charge on any atom is 0.323 e. The summed E-state index contributed by atoms with van der Waals surface area (Å²) in [6.45, 7) is 0. The Kier molecular flexibility index (Phi) is 5.30. The van der Waals surface area contributed by atoms with Crippen molar-refractivity contribution in [2.45, 2.75) is 4.90 Å². The molecular weight excluding hydrogens is 370 g/mol. The minimum Gasteiger partial charge on any atom is -0.308 e. The van der Waals surface area contributed by atoms with E-state index in [-0.39, 0.29) is 4.90 Å². The number of hydrogen-bond acceptors (Lipinski definition) is 5. The average Bonchev–Trinajstić information content (AvgIpc) is 2.47. The third-order valence-electron chi connectivity index (χ3n) is 2.86. The number of urea groups is 1. The largest absolute Gasteiger partial charge is 0.323 e. The summed E-state index contributed by atoms with van der Waals surface area (Å²) in [4.78, 5) is 11.6. The van der Waals surface area contributed by atoms with Crippen LogP contribution in [0.15, 0.2) is 53.4 Å². The van der Waals surface area contributed by atoms with Crippen LogP contribution in [0.1, 0.15) is 0 Å². The molecule has 0 aromatic heterocycles. The SMILES string of the molecule is CS(=O)(=O)Nc1ccc(NC(=O)Nc2ccc(S(=O)(=O)O)cc2)cc1. The van der Waals surface area contributed by atoms with Crippen molar-refractivity contribution in [3.8, 4) is 0 Å². The molecule has 0 fully saturated rings. The zero-order chi connectivity index (χ0) is 18.7. The summed E-state index contributed by atoms with van der Waals surface area (Å²) in [6.07, 6.45) is 1.03. The number of benzene rings is 2. The number of sulfonamides is 1. The molecule has 0 bridgehead atoms. The third kappa shape index (κ3) is 6.06. The van der Waals surface area contributed by atoms with Gasteiger partial charge >= 0.3 is 6.03 Å². The van der Waals surface area contributed by atoms with E-state index < -0.39 is 26.2 Å². The van der Waals surface area contributed by atoms with Crippen molar-refractivity contribution < 1.29 is 26.2 Å². The Morgan fingerprint density at radius 3 is 1.60 bits per heavy atom. The molecule has 0 saturated heterocycles. The van der Waals surface area contributed by atoms with Crippen molar-refractivity contribution in [2.75, 3.05) is 21.6 Å². The summed E-state index contributed by atoms with van der Waals surface area (Å²) in [7, 11) is -7.67. The van der Waals surface area contributed by atoms with Gasteiger partial charge in [-0.15, -0.1) is 0 Å². The fraction of sp³-hybridized carbons (Fsp3) is 0.0714. The molecule has 2 amide bonds. The summed E-state index contributed by atoms with van der Waals surface area (Å²) in [5.41, 5.74) is 1.10. The molecule has 0 aliphatic heterocycles. The predicted molar refractivity (Wildman–Crippen MR) is 93.8 cm³/mol. The highest BCUT2D eigenvalue weighted by atomic mass is 32.2. The first-order valence-corrected chi connectivity index (χ1v) is 10.1. The molecule has 0 heterocycles. The monoisotopic (exact) mass is 385 g/mol. The van der Waals surface area contributed by atoms with E-state index in [0.29, 0.717) is 17.1 Å². The van der Waals surface area contributed by atoms with Crippen molar-refractivity contribution in [2.24, 2.45) is 0 Å². The lowest BCUT2D eigenvalue weighted by molar-refractivity contribution is 0.262. The summed E-state index contributed by atoms with van der Waals surface area (Å²) >= 11 is 0. The van der Waals surface area contributed by atoms with Crippen molar-refractivity contribution >= 4 is 43.2 Å². The standard InChI is InChI=1S/C14H15N3O6S2/c1-24(19,20)17-12-4-2-10(3-5-12)15-14(18)16-11-6-8-13(9-7-11)25(21,22)23/h2-9,17H,1H3,(H2,15,16,18)(H,21,22,23). The lowest BCUT2D eigenvalue weighted by atomic mass is 10.3. The summed E-state index contributed by atoms with van der Waals surface area (Å²) in [6, 6.07) is 10.3. The first kappa shape index (κ1) is 18.7. The molecule has 0 aliphatic rings. The topological polar surface area (TPSA) is 142 Å². The summed E-state index contributed by atoms with van der Waals surface area (Å²) in [5, 5.41) is 5.01. The van der Waals surface area contributed by atoms with Crippen molar-refractivity contribution in [3.63, 3.8) is 0 Å². The molecule has 4 N–H and O–H groups in total. The first-order chi connectivity index (χ1) is 11.5. The van der Waals surface area contributed by atoms with Crippen molar-refractivity contribution in [1.29, 1.82) is 0 Å². The van der Waals surface area contributed by atoms with Gasteiger partial charge in [0.05, 0.1) is 11.2 Å². The normalized spacial score (nSPS) is 11.6. The van der Waals surface area contributed by atoms with E-state index in [1.165, 1.54) is 36.4 Å². The number of hydrogen-bond donors (Lipinski definition) is 4. The van der Waals surface area contributed by atoms with Crippen LogP contribution in [0.3, 0.4) is 0 Å². The number of anilines is 3. The van der Waals surface area contributed by atoms with Gasteiger partial charge in [-0.2, -0.15) is 8.42 Å². The van der Waals surface area contributed by atoms with Crippen molar-refractivity contribution in [1.82, 2.24) is 0 Å². The first-order valence-electron chi connectivity index (χ1n) is 6.76. The number of rotatable bonds is 5. The molecule has 2 aromatic rings. The van der Waals surface area contributed by atoms with Crippen LogP contribution in [-0.4, -0.2) is 33.7 Å². The molecule has 11 heteroatoms. The van der Waals surface area contributed by atoms with E-state index in [2.05, 4.69) is 15.4 Å². The van der Waals surface area contributed by atoms with Crippen LogP contribution in [-0.2, 0) is 20.1 Å². The van der Waals surface area contributed by atoms with Crippen LogP contribution < -0.4 is 15.4 Å². The van der Waals surface area contributed by atoms with Gasteiger partial charge < -0.3 is 10.6 Å². The molecular formula is C14H15N3O6S2. The van der Waals surface area contributed by atoms with E-state index in [1.807, 2.05) is 0 Å². The van der Waals surface area contributed by atoms with Gasteiger partial charge in [0.1, 0.15) is 0 Å². The number of amides is 2. The molecule has 25 heavy (non-hydrogen) atoms. The van der Waals surface area contributed by atoms with Gasteiger partial charge in [0.25, 0.3) is 10.1 Å². The quantitative estimate of drug-likeness (QED) is 0.580. The zero-order valence-corrected chi connectivity index (χ0v) is 14.6. The molecule has 0 atom stereocenters. The van der Waals surface area contributed by atoms with Gasteiger partial charge in [0, 0.05) is 17.1 Å². The van der Waals surface area contributed by atoms with E-state index in [9.17, 15) is 21.6 Å². The lowest BCUT2D eigenvalue weighted by Gasteiger charge is -2.09. The predicted octanol–water partition coefficient (Wildman–Crippen LogP) is 1.95. The second-order valence-corrected chi connectivity index (χ2v) is 8.20. The highest BCUT2D eigenvalue weighted by molar-refractivity contribution is 7.92. The lowest BCUT2D eigenvalue weighted by Crippen LogP contribution is -2.19. The van der Waals surface area contributed by atoms with E-state index in [4.69, 9.17) is 4.55 Å². The summed E-state index contributed by atoms with van der Waals surface area (Å²) < 4.78 is 55.3. The fourth-order valence-electron chi connectivity index (χ4n) is 1.84. The van der Waals surface area contributed by atoms with Crippen LogP contribution in [0.25, 0.3) is 0 Å². The number of carbonyl (C=O) groups excluding carboxylic acids is 1. The molecule has 0 unspecified atom stereocenters. The van der Waals surface area contributed by atoms with Gasteiger partial charge in [-0.05, 0) is 48.5 Å².